The Morgan fingerprint density at radius 2 is 2.21 bits per heavy atom. The monoisotopic (exact) mass is 260 g/mol. The molecule has 2 heteroatoms. The molecule has 19 heavy (non-hydrogen) atoms. The maximum absolute atomic E-state index is 5.98. The summed E-state index contributed by atoms with van der Waals surface area (Å²) in [7, 11) is 1.62. The van der Waals surface area contributed by atoms with Crippen LogP contribution in [0, 0.1) is 18.6 Å². The van der Waals surface area contributed by atoms with Gasteiger partial charge in [0.2, 0.25) is 0 Å². The van der Waals surface area contributed by atoms with E-state index in [9.17, 15) is 0 Å². The van der Waals surface area contributed by atoms with Gasteiger partial charge < -0.3 is 9.47 Å². The van der Waals surface area contributed by atoms with Crippen molar-refractivity contribution < 1.29 is 9.47 Å². The van der Waals surface area contributed by atoms with Gasteiger partial charge in [-0.15, -0.1) is 0 Å². The molecule has 2 radical (unpaired) electrons. The first kappa shape index (κ1) is 15.6. The molecule has 0 saturated heterocycles. The zero-order valence-corrected chi connectivity index (χ0v) is 12.2. The van der Waals surface area contributed by atoms with E-state index in [-0.39, 0.29) is 0 Å². The third kappa shape index (κ3) is 5.37. The Morgan fingerprint density at radius 1 is 1.42 bits per heavy atom. The van der Waals surface area contributed by atoms with Crippen molar-refractivity contribution >= 4 is 5.76 Å². The molecule has 0 bridgehead atoms. The molecule has 0 aliphatic heterocycles. The van der Waals surface area contributed by atoms with Gasteiger partial charge in [0.1, 0.15) is 11.5 Å². The molecule has 0 aromatic heterocycles. The van der Waals surface area contributed by atoms with Crippen molar-refractivity contribution in [1.29, 1.82) is 0 Å². The Hall–Kier alpha value is -1.44. The molecule has 0 aliphatic rings. The Balaban J connectivity index is 2.49. The lowest BCUT2D eigenvalue weighted by atomic mass is 10.0. The summed E-state index contributed by atoms with van der Waals surface area (Å²) < 4.78 is 10.8. The van der Waals surface area contributed by atoms with Crippen LogP contribution in [-0.4, -0.2) is 13.7 Å². The van der Waals surface area contributed by atoms with E-state index >= 15 is 0 Å². The van der Waals surface area contributed by atoms with Gasteiger partial charge >= 0.3 is 0 Å². The lowest BCUT2D eigenvalue weighted by Gasteiger charge is -2.17. The standard InChI is InChI=1S/C17H24O2/c1-5-7-9-15(6-2)13-19-14(3)16-10-8-11-17(12-16)18-4/h3,8,10,12,15H,5-7,9,13H2,1-2,4H3. The first-order valence-electron chi connectivity index (χ1n) is 7.02. The van der Waals surface area contributed by atoms with E-state index in [0.717, 1.165) is 12.0 Å². The predicted molar refractivity (Wildman–Crippen MR) is 78.8 cm³/mol. The highest BCUT2D eigenvalue weighted by molar-refractivity contribution is 5.57. The highest BCUT2D eigenvalue weighted by atomic mass is 16.5. The fourth-order valence-electron chi connectivity index (χ4n) is 1.90. The zero-order valence-electron chi connectivity index (χ0n) is 12.2. The molecule has 0 amide bonds. The molecule has 1 atom stereocenters. The first-order chi connectivity index (χ1) is 9.21. The maximum Gasteiger partial charge on any atom is 0.127 e. The molecule has 0 fully saturated rings. The Bertz CT molecular complexity index is 385. The predicted octanol–water partition coefficient (Wildman–Crippen LogP) is 4.50. The SMILES string of the molecule is [CH]=C(OCC(CC)CCCC)c1cc[c]c(OC)c1. The summed E-state index contributed by atoms with van der Waals surface area (Å²) in [6.45, 7) is 11.1. The fraction of sp³-hybridized carbons (Fsp3) is 0.529. The van der Waals surface area contributed by atoms with Gasteiger partial charge in [-0.3, -0.25) is 0 Å². The van der Waals surface area contributed by atoms with Gasteiger partial charge in [0.15, 0.2) is 0 Å². The summed E-state index contributed by atoms with van der Waals surface area (Å²) in [4.78, 5) is 0. The van der Waals surface area contributed by atoms with Gasteiger partial charge in [-0.1, -0.05) is 39.2 Å². The second-order valence-corrected chi connectivity index (χ2v) is 4.74. The van der Waals surface area contributed by atoms with Crippen molar-refractivity contribution in [3.8, 4) is 5.75 Å². The molecule has 1 aromatic carbocycles. The van der Waals surface area contributed by atoms with E-state index in [2.05, 4.69) is 19.9 Å². The quantitative estimate of drug-likeness (QED) is 0.608. The smallest absolute Gasteiger partial charge is 0.127 e. The molecule has 1 unspecified atom stereocenters. The van der Waals surface area contributed by atoms with Crippen molar-refractivity contribution in [2.75, 3.05) is 13.7 Å². The molecule has 0 N–H and O–H groups in total. The summed E-state index contributed by atoms with van der Waals surface area (Å²) in [5, 5.41) is 0. The minimum atomic E-state index is 0.460. The number of benzene rings is 1. The van der Waals surface area contributed by atoms with E-state index in [4.69, 9.17) is 16.1 Å². The minimum Gasteiger partial charge on any atom is -0.496 e. The van der Waals surface area contributed by atoms with E-state index < -0.39 is 0 Å². The second kappa shape index (κ2) is 8.63. The summed E-state index contributed by atoms with van der Waals surface area (Å²) in [5.74, 6) is 1.71. The Labute approximate surface area is 117 Å². The Morgan fingerprint density at radius 3 is 2.84 bits per heavy atom. The Kier molecular flexibility index (Phi) is 7.09. The third-order valence-electron chi connectivity index (χ3n) is 3.30. The van der Waals surface area contributed by atoms with Crippen LogP contribution in [0.3, 0.4) is 0 Å². The number of hydrogen-bond donors (Lipinski definition) is 0. The summed E-state index contributed by atoms with van der Waals surface area (Å²) in [6, 6.07) is 8.48. The lowest BCUT2D eigenvalue weighted by molar-refractivity contribution is 0.203. The maximum atomic E-state index is 5.98. The van der Waals surface area contributed by atoms with Crippen LogP contribution in [0.25, 0.3) is 5.76 Å². The van der Waals surface area contributed by atoms with Crippen LogP contribution < -0.4 is 4.74 Å². The molecular weight excluding hydrogens is 236 g/mol. The summed E-state index contributed by atoms with van der Waals surface area (Å²) in [6.07, 6.45) is 4.79. The van der Waals surface area contributed by atoms with Crippen molar-refractivity contribution in [3.05, 3.63) is 36.4 Å². The second-order valence-electron chi connectivity index (χ2n) is 4.74. The number of rotatable bonds is 9. The van der Waals surface area contributed by atoms with Crippen molar-refractivity contribution in [3.63, 3.8) is 0 Å². The largest absolute Gasteiger partial charge is 0.496 e. The summed E-state index contributed by atoms with van der Waals surface area (Å²) >= 11 is 0. The normalized spacial score (nSPS) is 11.9. The molecule has 0 aliphatic carbocycles. The third-order valence-corrected chi connectivity index (χ3v) is 3.30. The zero-order chi connectivity index (χ0) is 14.1. The molecule has 1 aromatic rings. The van der Waals surface area contributed by atoms with Crippen LogP contribution in [0.5, 0.6) is 5.75 Å². The highest BCUT2D eigenvalue weighted by Gasteiger charge is 2.09. The molecule has 2 nitrogen and oxygen atoms in total. The van der Waals surface area contributed by atoms with Gasteiger partial charge in [-0.05, 0) is 31.1 Å². The van der Waals surface area contributed by atoms with Crippen LogP contribution >= 0.6 is 0 Å². The number of hydrogen-bond acceptors (Lipinski definition) is 2. The fourth-order valence-corrected chi connectivity index (χ4v) is 1.90. The van der Waals surface area contributed by atoms with E-state index in [0.29, 0.717) is 24.0 Å². The van der Waals surface area contributed by atoms with Crippen LogP contribution in [0.15, 0.2) is 18.2 Å². The minimum absolute atomic E-state index is 0.460. The van der Waals surface area contributed by atoms with Crippen LogP contribution in [0.2, 0.25) is 0 Å². The molecule has 104 valence electrons. The average molecular weight is 260 g/mol. The van der Waals surface area contributed by atoms with Gasteiger partial charge in [0.05, 0.1) is 13.7 Å². The first-order valence-corrected chi connectivity index (χ1v) is 7.02. The number of methoxy groups -OCH3 is 1. The van der Waals surface area contributed by atoms with Gasteiger partial charge in [0.25, 0.3) is 0 Å². The van der Waals surface area contributed by atoms with Crippen LogP contribution in [0.4, 0.5) is 0 Å². The van der Waals surface area contributed by atoms with Gasteiger partial charge in [-0.2, -0.15) is 0 Å². The molecular formula is C17H24O2. The van der Waals surface area contributed by atoms with E-state index in [1.165, 1.54) is 19.3 Å². The number of ether oxygens (including phenoxy) is 2. The average Bonchev–Trinajstić information content (AvgIpc) is 2.47. The van der Waals surface area contributed by atoms with Gasteiger partial charge in [-0.25, -0.2) is 0 Å². The van der Waals surface area contributed by atoms with Gasteiger partial charge in [0, 0.05) is 11.6 Å². The molecule has 0 heterocycles. The van der Waals surface area contributed by atoms with Crippen molar-refractivity contribution in [2.24, 2.45) is 5.92 Å². The van der Waals surface area contributed by atoms with Crippen molar-refractivity contribution in [1.82, 2.24) is 0 Å². The topological polar surface area (TPSA) is 18.5 Å². The molecule has 0 spiro atoms. The van der Waals surface area contributed by atoms with Crippen molar-refractivity contribution in [2.45, 2.75) is 39.5 Å². The highest BCUT2D eigenvalue weighted by Crippen LogP contribution is 2.21. The molecule has 0 saturated carbocycles. The van der Waals surface area contributed by atoms with E-state index in [1.807, 2.05) is 12.1 Å². The summed E-state index contributed by atoms with van der Waals surface area (Å²) in [5.41, 5.74) is 0.848. The van der Waals surface area contributed by atoms with Crippen LogP contribution in [-0.2, 0) is 4.74 Å². The van der Waals surface area contributed by atoms with Crippen LogP contribution in [0.1, 0.15) is 45.1 Å². The molecule has 1 rings (SSSR count). The number of unbranched alkanes of at least 4 members (excludes halogenated alkanes) is 1. The van der Waals surface area contributed by atoms with E-state index in [1.54, 1.807) is 13.2 Å². The lowest BCUT2D eigenvalue weighted by Crippen LogP contribution is -2.08.